The minimum absolute atomic E-state index is 0.175. The van der Waals surface area contributed by atoms with E-state index in [-0.39, 0.29) is 6.04 Å². The first-order valence-electron chi connectivity index (χ1n) is 8.43. The molecule has 0 unspecified atom stereocenters. The fourth-order valence-corrected chi connectivity index (χ4v) is 3.79. The average molecular weight is 332 g/mol. The lowest BCUT2D eigenvalue weighted by Gasteiger charge is -2.36. The summed E-state index contributed by atoms with van der Waals surface area (Å²) in [6.45, 7) is 0. The van der Waals surface area contributed by atoms with Gasteiger partial charge in [0.25, 0.3) is 0 Å². The van der Waals surface area contributed by atoms with E-state index < -0.39 is 0 Å². The maximum absolute atomic E-state index is 5.49. The zero-order valence-corrected chi connectivity index (χ0v) is 14.3. The summed E-state index contributed by atoms with van der Waals surface area (Å²) in [5, 5.41) is 7.58. The molecule has 2 aromatic rings. The molecular formula is C21H20N2S. The van der Waals surface area contributed by atoms with E-state index in [0.717, 1.165) is 12.8 Å². The SMILES string of the molecule is S=C1NC2=C(CCCC2=Cc2ccccc2)[C@@H](c2ccccc2)N1. The third kappa shape index (κ3) is 3.00. The van der Waals surface area contributed by atoms with Crippen molar-refractivity contribution >= 4 is 23.4 Å². The van der Waals surface area contributed by atoms with Crippen LogP contribution in [0.2, 0.25) is 0 Å². The van der Waals surface area contributed by atoms with Gasteiger partial charge in [0.1, 0.15) is 0 Å². The molecule has 2 aromatic carbocycles. The van der Waals surface area contributed by atoms with Crippen LogP contribution in [-0.4, -0.2) is 5.11 Å². The highest BCUT2D eigenvalue weighted by Crippen LogP contribution is 2.38. The van der Waals surface area contributed by atoms with Crippen LogP contribution in [0, 0.1) is 0 Å². The van der Waals surface area contributed by atoms with Crippen molar-refractivity contribution in [3.63, 3.8) is 0 Å². The monoisotopic (exact) mass is 332 g/mol. The number of allylic oxidation sites excluding steroid dienone is 1. The molecule has 0 aromatic heterocycles. The maximum atomic E-state index is 5.49. The zero-order valence-electron chi connectivity index (χ0n) is 13.5. The largest absolute Gasteiger partial charge is 0.352 e. The van der Waals surface area contributed by atoms with Crippen molar-refractivity contribution in [1.82, 2.24) is 10.6 Å². The number of benzene rings is 2. The number of nitrogens with one attached hydrogen (secondary N) is 2. The zero-order chi connectivity index (χ0) is 16.4. The Bertz CT molecular complexity index is 806. The average Bonchev–Trinajstić information content (AvgIpc) is 2.63. The van der Waals surface area contributed by atoms with E-state index in [4.69, 9.17) is 12.2 Å². The van der Waals surface area contributed by atoms with Gasteiger partial charge in [0.2, 0.25) is 0 Å². The highest BCUT2D eigenvalue weighted by molar-refractivity contribution is 7.80. The highest BCUT2D eigenvalue weighted by atomic mass is 32.1. The first-order chi connectivity index (χ1) is 11.8. The van der Waals surface area contributed by atoms with Gasteiger partial charge in [-0.2, -0.15) is 0 Å². The summed E-state index contributed by atoms with van der Waals surface area (Å²) in [4.78, 5) is 0. The molecule has 4 rings (SSSR count). The summed E-state index contributed by atoms with van der Waals surface area (Å²) in [6, 6.07) is 21.3. The van der Waals surface area contributed by atoms with E-state index in [1.807, 2.05) is 0 Å². The van der Waals surface area contributed by atoms with E-state index >= 15 is 0 Å². The first-order valence-corrected chi connectivity index (χ1v) is 8.83. The van der Waals surface area contributed by atoms with Crippen molar-refractivity contribution in [2.24, 2.45) is 0 Å². The van der Waals surface area contributed by atoms with Gasteiger partial charge in [-0.05, 0) is 59.8 Å². The van der Waals surface area contributed by atoms with Crippen LogP contribution in [0.15, 0.2) is 77.5 Å². The Morgan fingerprint density at radius 3 is 2.38 bits per heavy atom. The van der Waals surface area contributed by atoms with Crippen LogP contribution in [-0.2, 0) is 0 Å². The second-order valence-corrected chi connectivity index (χ2v) is 6.68. The molecule has 1 heterocycles. The molecule has 1 atom stereocenters. The highest BCUT2D eigenvalue weighted by Gasteiger charge is 2.30. The molecule has 0 spiro atoms. The third-order valence-corrected chi connectivity index (χ3v) is 4.89. The molecule has 2 aliphatic rings. The molecule has 1 aliphatic heterocycles. The minimum atomic E-state index is 0.175. The van der Waals surface area contributed by atoms with Crippen molar-refractivity contribution < 1.29 is 0 Å². The minimum Gasteiger partial charge on any atom is -0.352 e. The fourth-order valence-electron chi connectivity index (χ4n) is 3.57. The number of thiocarbonyl (C=S) groups is 1. The molecule has 0 radical (unpaired) electrons. The van der Waals surface area contributed by atoms with Crippen LogP contribution in [0.5, 0.6) is 0 Å². The van der Waals surface area contributed by atoms with Gasteiger partial charge < -0.3 is 10.6 Å². The number of rotatable bonds is 2. The van der Waals surface area contributed by atoms with E-state index in [1.165, 1.54) is 34.4 Å². The second-order valence-electron chi connectivity index (χ2n) is 6.28. The number of hydrogen-bond donors (Lipinski definition) is 2. The van der Waals surface area contributed by atoms with E-state index in [1.54, 1.807) is 0 Å². The Labute approximate surface area is 148 Å². The van der Waals surface area contributed by atoms with Crippen molar-refractivity contribution in [1.29, 1.82) is 0 Å². The summed E-state index contributed by atoms with van der Waals surface area (Å²) < 4.78 is 0. The van der Waals surface area contributed by atoms with Gasteiger partial charge in [-0.1, -0.05) is 60.7 Å². The van der Waals surface area contributed by atoms with Gasteiger partial charge in [-0.15, -0.1) is 0 Å². The van der Waals surface area contributed by atoms with E-state index in [0.29, 0.717) is 5.11 Å². The normalized spacial score (nSPS) is 21.9. The molecule has 2 nitrogen and oxygen atoms in total. The molecule has 0 saturated carbocycles. The Hall–Kier alpha value is -2.39. The smallest absolute Gasteiger partial charge is 0.171 e. The summed E-state index contributed by atoms with van der Waals surface area (Å²) in [7, 11) is 0. The Balaban J connectivity index is 1.77. The van der Waals surface area contributed by atoms with Crippen LogP contribution >= 0.6 is 12.2 Å². The van der Waals surface area contributed by atoms with Crippen molar-refractivity contribution in [3.8, 4) is 0 Å². The number of hydrogen-bond acceptors (Lipinski definition) is 1. The van der Waals surface area contributed by atoms with E-state index in [9.17, 15) is 0 Å². The first kappa shape index (κ1) is 15.2. The van der Waals surface area contributed by atoms with Gasteiger partial charge in [0.05, 0.1) is 6.04 Å². The summed E-state index contributed by atoms with van der Waals surface area (Å²) in [5.41, 5.74) is 6.51. The third-order valence-electron chi connectivity index (χ3n) is 4.67. The molecule has 0 bridgehead atoms. The summed E-state index contributed by atoms with van der Waals surface area (Å²) in [5.74, 6) is 0. The Kier molecular flexibility index (Phi) is 4.18. The molecule has 24 heavy (non-hydrogen) atoms. The lowest BCUT2D eigenvalue weighted by atomic mass is 9.83. The lowest BCUT2D eigenvalue weighted by Crippen LogP contribution is -2.45. The summed E-state index contributed by atoms with van der Waals surface area (Å²) >= 11 is 5.49. The van der Waals surface area contributed by atoms with Gasteiger partial charge in [0.15, 0.2) is 5.11 Å². The predicted molar refractivity (Wildman–Crippen MR) is 103 cm³/mol. The summed E-state index contributed by atoms with van der Waals surface area (Å²) in [6.07, 6.45) is 5.66. The van der Waals surface area contributed by atoms with Crippen molar-refractivity contribution in [3.05, 3.63) is 88.6 Å². The van der Waals surface area contributed by atoms with Crippen LogP contribution in [0.25, 0.3) is 6.08 Å². The maximum Gasteiger partial charge on any atom is 0.171 e. The standard InChI is InChI=1S/C21H20N2S/c24-21-22-19(16-10-5-2-6-11-16)18-13-7-12-17(20(18)23-21)14-15-8-3-1-4-9-15/h1-6,8-11,14,19H,7,12-13H2,(H2,22,23,24)/t19-/m1/s1. The quantitative estimate of drug-likeness (QED) is 0.778. The van der Waals surface area contributed by atoms with Crippen molar-refractivity contribution in [2.45, 2.75) is 25.3 Å². The molecule has 120 valence electrons. The van der Waals surface area contributed by atoms with Gasteiger partial charge in [0, 0.05) is 5.70 Å². The van der Waals surface area contributed by atoms with Gasteiger partial charge in [-0.25, -0.2) is 0 Å². The molecule has 3 heteroatoms. The van der Waals surface area contributed by atoms with Gasteiger partial charge in [-0.3, -0.25) is 0 Å². The molecule has 0 amide bonds. The van der Waals surface area contributed by atoms with Crippen LogP contribution < -0.4 is 10.6 Å². The van der Waals surface area contributed by atoms with Crippen LogP contribution in [0.1, 0.15) is 36.4 Å². The van der Waals surface area contributed by atoms with E-state index in [2.05, 4.69) is 77.4 Å². The molecular weight excluding hydrogens is 312 g/mol. The second kappa shape index (κ2) is 6.62. The van der Waals surface area contributed by atoms with Crippen LogP contribution in [0.3, 0.4) is 0 Å². The molecule has 2 N–H and O–H groups in total. The molecule has 0 saturated heterocycles. The predicted octanol–water partition coefficient (Wildman–Crippen LogP) is 4.73. The fraction of sp³-hybridized carbons (Fsp3) is 0.190. The topological polar surface area (TPSA) is 24.1 Å². The Morgan fingerprint density at radius 1 is 0.917 bits per heavy atom. The van der Waals surface area contributed by atoms with Crippen LogP contribution in [0.4, 0.5) is 0 Å². The lowest BCUT2D eigenvalue weighted by molar-refractivity contribution is 0.609. The molecule has 0 fully saturated rings. The van der Waals surface area contributed by atoms with Crippen molar-refractivity contribution in [2.75, 3.05) is 0 Å². The molecule has 1 aliphatic carbocycles. The Morgan fingerprint density at radius 2 is 1.62 bits per heavy atom. The van der Waals surface area contributed by atoms with Gasteiger partial charge >= 0.3 is 0 Å².